The minimum atomic E-state index is -0.645. The molecule has 0 aliphatic carbocycles. The zero-order valence-corrected chi connectivity index (χ0v) is 22.6. The lowest BCUT2D eigenvalue weighted by Crippen LogP contribution is -2.30. The molecule has 5 nitrogen and oxygen atoms in total. The molecule has 4 aromatic rings. The first-order valence-electron chi connectivity index (χ1n) is 11.7. The second-order valence-corrected chi connectivity index (χ2v) is 10.1. The standard InChI is InChI=1S/C30H21Cl2FN2O3S/c31-21-13-14-24(25(32)16-21)28(36)18-39-23-11-6-10-22(17-23)34-30(38)27(15-20-9-4-5-12-26(20)33)35-29(37)19-7-2-1-3-8-19/h1-17H,18H2,(H,34,38)(H,35,37)/b27-15-. The van der Waals surface area contributed by atoms with Crippen LogP contribution in [-0.2, 0) is 4.79 Å². The number of Topliss-reactive ketones (excluding diaryl/α,β-unsaturated/α-hetero) is 1. The number of carbonyl (C=O) groups excluding carboxylic acids is 3. The third-order valence-electron chi connectivity index (χ3n) is 5.43. The summed E-state index contributed by atoms with van der Waals surface area (Å²) in [4.78, 5) is 39.3. The van der Waals surface area contributed by atoms with Crippen LogP contribution >= 0.6 is 35.0 Å². The molecule has 0 atom stereocenters. The Morgan fingerprint density at radius 3 is 2.33 bits per heavy atom. The van der Waals surface area contributed by atoms with Crippen molar-refractivity contribution in [2.75, 3.05) is 11.1 Å². The third kappa shape index (κ3) is 7.80. The van der Waals surface area contributed by atoms with Gasteiger partial charge in [-0.1, -0.05) is 65.7 Å². The molecular formula is C30H21Cl2FN2O3S. The summed E-state index contributed by atoms with van der Waals surface area (Å²) in [6.07, 6.45) is 1.28. The minimum absolute atomic E-state index is 0.115. The molecule has 2 N–H and O–H groups in total. The maximum absolute atomic E-state index is 14.3. The largest absolute Gasteiger partial charge is 0.321 e. The van der Waals surface area contributed by atoms with Gasteiger partial charge < -0.3 is 10.6 Å². The van der Waals surface area contributed by atoms with Crippen molar-refractivity contribution in [3.63, 3.8) is 0 Å². The summed E-state index contributed by atoms with van der Waals surface area (Å²) in [5, 5.41) is 6.04. The van der Waals surface area contributed by atoms with Crippen LogP contribution in [0.4, 0.5) is 10.1 Å². The molecule has 0 aromatic heterocycles. The van der Waals surface area contributed by atoms with Crippen LogP contribution in [0.25, 0.3) is 6.08 Å². The first kappa shape index (κ1) is 28.1. The topological polar surface area (TPSA) is 75.3 Å². The van der Waals surface area contributed by atoms with E-state index in [1.807, 2.05) is 0 Å². The summed E-state index contributed by atoms with van der Waals surface area (Å²) in [7, 11) is 0. The smallest absolute Gasteiger partial charge is 0.272 e. The van der Waals surface area contributed by atoms with Crippen LogP contribution in [0.2, 0.25) is 10.0 Å². The van der Waals surface area contributed by atoms with Crippen molar-refractivity contribution < 1.29 is 18.8 Å². The Balaban J connectivity index is 1.50. The Hall–Kier alpha value is -3.91. The quantitative estimate of drug-likeness (QED) is 0.122. The number of nitrogens with one attached hydrogen (secondary N) is 2. The molecule has 0 bridgehead atoms. The number of benzene rings is 4. The Morgan fingerprint density at radius 2 is 1.59 bits per heavy atom. The maximum atomic E-state index is 14.3. The zero-order valence-electron chi connectivity index (χ0n) is 20.3. The molecule has 39 heavy (non-hydrogen) atoms. The molecule has 4 aromatic carbocycles. The highest BCUT2D eigenvalue weighted by Crippen LogP contribution is 2.26. The molecule has 0 saturated heterocycles. The van der Waals surface area contributed by atoms with Gasteiger partial charge in [0.1, 0.15) is 11.5 Å². The highest BCUT2D eigenvalue weighted by Gasteiger charge is 2.17. The monoisotopic (exact) mass is 578 g/mol. The molecule has 0 saturated carbocycles. The lowest BCUT2D eigenvalue weighted by atomic mass is 10.1. The van der Waals surface area contributed by atoms with Crippen LogP contribution in [0.5, 0.6) is 0 Å². The van der Waals surface area contributed by atoms with E-state index in [0.29, 0.717) is 21.8 Å². The van der Waals surface area contributed by atoms with Crippen LogP contribution in [0.15, 0.2) is 108 Å². The number of hydrogen-bond acceptors (Lipinski definition) is 4. The average molecular weight is 579 g/mol. The Morgan fingerprint density at radius 1 is 0.846 bits per heavy atom. The summed E-state index contributed by atoms with van der Waals surface area (Å²) in [5.74, 6) is -1.76. The maximum Gasteiger partial charge on any atom is 0.272 e. The van der Waals surface area contributed by atoms with E-state index in [0.717, 1.165) is 4.90 Å². The van der Waals surface area contributed by atoms with Crippen molar-refractivity contribution in [3.8, 4) is 0 Å². The fourth-order valence-corrected chi connectivity index (χ4v) is 4.85. The van der Waals surface area contributed by atoms with Gasteiger partial charge in [0, 0.05) is 32.3 Å². The molecule has 0 unspecified atom stereocenters. The third-order valence-corrected chi connectivity index (χ3v) is 6.97. The van der Waals surface area contributed by atoms with E-state index in [1.54, 1.807) is 72.8 Å². The van der Waals surface area contributed by atoms with E-state index in [1.165, 1.54) is 42.1 Å². The van der Waals surface area contributed by atoms with Gasteiger partial charge in [0.05, 0.1) is 10.8 Å². The van der Waals surface area contributed by atoms with Gasteiger partial charge in [-0.25, -0.2) is 4.39 Å². The zero-order chi connectivity index (χ0) is 27.8. The van der Waals surface area contributed by atoms with Crippen molar-refractivity contribution in [1.29, 1.82) is 0 Å². The average Bonchev–Trinajstić information content (AvgIpc) is 2.93. The van der Waals surface area contributed by atoms with E-state index in [4.69, 9.17) is 23.2 Å². The number of halogens is 3. The van der Waals surface area contributed by atoms with Crippen molar-refractivity contribution >= 4 is 64.3 Å². The van der Waals surface area contributed by atoms with E-state index in [9.17, 15) is 18.8 Å². The van der Waals surface area contributed by atoms with Gasteiger partial charge in [0.15, 0.2) is 5.78 Å². The predicted octanol–water partition coefficient (Wildman–Crippen LogP) is 7.52. The highest BCUT2D eigenvalue weighted by atomic mass is 35.5. The van der Waals surface area contributed by atoms with Gasteiger partial charge in [-0.15, -0.1) is 11.8 Å². The van der Waals surface area contributed by atoms with E-state index in [-0.39, 0.29) is 27.8 Å². The van der Waals surface area contributed by atoms with E-state index >= 15 is 0 Å². The number of rotatable bonds is 9. The highest BCUT2D eigenvalue weighted by molar-refractivity contribution is 8.00. The van der Waals surface area contributed by atoms with Gasteiger partial charge >= 0.3 is 0 Å². The molecule has 9 heteroatoms. The van der Waals surface area contributed by atoms with Gasteiger partial charge in [-0.05, 0) is 60.7 Å². The summed E-state index contributed by atoms with van der Waals surface area (Å²) in [6, 6.07) is 25.9. The molecule has 0 fully saturated rings. The van der Waals surface area contributed by atoms with E-state index in [2.05, 4.69) is 10.6 Å². The molecule has 196 valence electrons. The van der Waals surface area contributed by atoms with E-state index < -0.39 is 17.6 Å². The summed E-state index contributed by atoms with van der Waals surface area (Å²) >= 11 is 13.3. The lowest BCUT2D eigenvalue weighted by Gasteiger charge is -2.12. The van der Waals surface area contributed by atoms with Crippen LogP contribution in [0.1, 0.15) is 26.3 Å². The molecule has 4 rings (SSSR count). The van der Waals surface area contributed by atoms with Gasteiger partial charge in [-0.2, -0.15) is 0 Å². The number of anilines is 1. The molecule has 0 spiro atoms. The molecule has 0 aliphatic rings. The predicted molar refractivity (Wildman–Crippen MR) is 155 cm³/mol. The SMILES string of the molecule is O=C(Nc1cccc(SCC(=O)c2ccc(Cl)cc2Cl)c1)/C(=C/c1ccccc1F)NC(=O)c1ccccc1. The van der Waals surface area contributed by atoms with Gasteiger partial charge in [0.2, 0.25) is 0 Å². The number of hydrogen-bond donors (Lipinski definition) is 2. The minimum Gasteiger partial charge on any atom is -0.321 e. The second kappa shape index (κ2) is 13.2. The van der Waals surface area contributed by atoms with Crippen LogP contribution in [-0.4, -0.2) is 23.4 Å². The van der Waals surface area contributed by atoms with Crippen LogP contribution in [0.3, 0.4) is 0 Å². The molecule has 0 heterocycles. The number of carbonyl (C=O) groups is 3. The van der Waals surface area contributed by atoms with Crippen molar-refractivity contribution in [2.24, 2.45) is 0 Å². The first-order valence-corrected chi connectivity index (χ1v) is 13.4. The lowest BCUT2D eigenvalue weighted by molar-refractivity contribution is -0.113. The fourth-order valence-electron chi connectivity index (χ4n) is 3.49. The van der Waals surface area contributed by atoms with Crippen molar-refractivity contribution in [1.82, 2.24) is 5.32 Å². The fraction of sp³-hybridized carbons (Fsp3) is 0.0333. The van der Waals surface area contributed by atoms with Crippen LogP contribution < -0.4 is 10.6 Å². The van der Waals surface area contributed by atoms with Crippen LogP contribution in [0, 0.1) is 5.82 Å². The Labute approximate surface area is 239 Å². The van der Waals surface area contributed by atoms with Gasteiger partial charge in [-0.3, -0.25) is 14.4 Å². The molecule has 0 radical (unpaired) electrons. The Bertz CT molecular complexity index is 1560. The number of thioether (sulfide) groups is 1. The Kier molecular flexibility index (Phi) is 9.54. The summed E-state index contributed by atoms with van der Waals surface area (Å²) in [6.45, 7) is 0. The molecule has 2 amide bonds. The normalized spacial score (nSPS) is 11.1. The first-order chi connectivity index (χ1) is 18.8. The number of amides is 2. The molecular weight excluding hydrogens is 558 g/mol. The molecule has 0 aliphatic heterocycles. The van der Waals surface area contributed by atoms with Crippen molar-refractivity contribution in [2.45, 2.75) is 4.90 Å². The van der Waals surface area contributed by atoms with Crippen molar-refractivity contribution in [3.05, 3.63) is 135 Å². The number of ketones is 1. The second-order valence-electron chi connectivity index (χ2n) is 8.22. The van der Waals surface area contributed by atoms with Gasteiger partial charge in [0.25, 0.3) is 11.8 Å². The summed E-state index contributed by atoms with van der Waals surface area (Å²) < 4.78 is 14.3. The summed E-state index contributed by atoms with van der Waals surface area (Å²) in [5.41, 5.74) is 1.14.